The van der Waals surface area contributed by atoms with Crippen LogP contribution in [0.25, 0.3) is 0 Å². The topological polar surface area (TPSA) is 29.1 Å². The van der Waals surface area contributed by atoms with E-state index >= 15 is 0 Å². The van der Waals surface area contributed by atoms with Gasteiger partial charge < -0.3 is 5.32 Å². The molecule has 0 fully saturated rings. The summed E-state index contributed by atoms with van der Waals surface area (Å²) in [6, 6.07) is 8.44. The van der Waals surface area contributed by atoms with E-state index in [0.717, 1.165) is 23.7 Å². The second-order valence-electron chi connectivity index (χ2n) is 5.72. The van der Waals surface area contributed by atoms with E-state index in [-0.39, 0.29) is 11.9 Å². The van der Waals surface area contributed by atoms with E-state index in [9.17, 15) is 4.79 Å². The molecule has 0 aromatic heterocycles. The molecule has 0 aliphatic rings. The Balaban J connectivity index is 0.000000546. The molecule has 0 saturated carbocycles. The Bertz CT molecular complexity index is 522. The Hall–Kier alpha value is -1.61. The second-order valence-corrected chi connectivity index (χ2v) is 6.64. The quantitative estimate of drug-likeness (QED) is 0.556. The summed E-state index contributed by atoms with van der Waals surface area (Å²) in [4.78, 5) is 10.8. The third kappa shape index (κ3) is 12.9. The second kappa shape index (κ2) is 13.8. The van der Waals surface area contributed by atoms with E-state index < -0.39 is 0 Å². The summed E-state index contributed by atoms with van der Waals surface area (Å²) in [5.41, 5.74) is 2.56. The van der Waals surface area contributed by atoms with Crippen molar-refractivity contribution in [1.82, 2.24) is 5.32 Å². The molecular weight excluding hydrogens is 362 g/mol. The summed E-state index contributed by atoms with van der Waals surface area (Å²) in [7, 11) is 0. The lowest BCUT2D eigenvalue weighted by molar-refractivity contribution is -0.119. The molecule has 24 heavy (non-hydrogen) atoms. The highest BCUT2D eigenvalue weighted by molar-refractivity contribution is 9.10. The van der Waals surface area contributed by atoms with Crippen molar-refractivity contribution in [2.75, 3.05) is 0 Å². The van der Waals surface area contributed by atoms with Gasteiger partial charge >= 0.3 is 0 Å². The zero-order valence-corrected chi connectivity index (χ0v) is 16.9. The summed E-state index contributed by atoms with van der Waals surface area (Å²) in [5, 5.41) is 2.88. The summed E-state index contributed by atoms with van der Waals surface area (Å²) in [6.07, 6.45) is 11.0. The number of amides is 1. The molecule has 2 nitrogen and oxygen atoms in total. The van der Waals surface area contributed by atoms with Gasteiger partial charge in [-0.25, -0.2) is 0 Å². The lowest BCUT2D eigenvalue weighted by Crippen LogP contribution is -2.30. The first-order valence-corrected chi connectivity index (χ1v) is 9.15. The van der Waals surface area contributed by atoms with Gasteiger partial charge in [0.15, 0.2) is 0 Å². The average Bonchev–Trinajstić information content (AvgIpc) is 2.53. The number of rotatable bonds is 7. The van der Waals surface area contributed by atoms with Crippen molar-refractivity contribution in [2.45, 2.75) is 53.0 Å². The summed E-state index contributed by atoms with van der Waals surface area (Å²) >= 11 is 3.35. The molecule has 1 atom stereocenters. The summed E-state index contributed by atoms with van der Waals surface area (Å²) in [6.45, 7) is 11.5. The van der Waals surface area contributed by atoms with Crippen LogP contribution in [0.3, 0.4) is 0 Å². The van der Waals surface area contributed by atoms with Gasteiger partial charge in [-0.15, -0.1) is 0 Å². The van der Waals surface area contributed by atoms with E-state index in [4.69, 9.17) is 0 Å². The zero-order valence-electron chi connectivity index (χ0n) is 15.3. The fourth-order valence-corrected chi connectivity index (χ4v) is 2.24. The molecule has 0 bridgehead atoms. The monoisotopic (exact) mass is 391 g/mol. The molecule has 1 N–H and O–H groups in total. The van der Waals surface area contributed by atoms with Crippen molar-refractivity contribution in [1.29, 1.82) is 0 Å². The summed E-state index contributed by atoms with van der Waals surface area (Å²) < 4.78 is 1.14. The first-order valence-electron chi connectivity index (χ1n) is 8.36. The van der Waals surface area contributed by atoms with Gasteiger partial charge in [0.25, 0.3) is 0 Å². The van der Waals surface area contributed by atoms with Gasteiger partial charge in [-0.3, -0.25) is 4.79 Å². The fourth-order valence-electron chi connectivity index (χ4n) is 1.98. The van der Waals surface area contributed by atoms with E-state index in [1.165, 1.54) is 11.1 Å². The van der Waals surface area contributed by atoms with E-state index in [0.29, 0.717) is 0 Å². The lowest BCUT2D eigenvalue weighted by Gasteiger charge is -2.12. The molecule has 0 aliphatic carbocycles. The standard InChI is InChI=1S/C14H23NO.C7H7Br/c1-5-7-9-14(8-6-2)11-10-12(3)15-13(4)16;1-6-2-4-7(8)5-3-6/h6-9,12H,2,5,10-11H2,1,3-4H3,(H,15,16);2-5H,1H3/b9-7-,14-8+;. The molecule has 0 radical (unpaired) electrons. The molecule has 132 valence electrons. The number of halogens is 1. The van der Waals surface area contributed by atoms with Crippen LogP contribution in [0.1, 0.15) is 45.6 Å². The van der Waals surface area contributed by atoms with Crippen molar-refractivity contribution in [3.63, 3.8) is 0 Å². The number of carbonyl (C=O) groups excluding carboxylic acids is 1. The van der Waals surface area contributed by atoms with Gasteiger partial charge in [-0.2, -0.15) is 0 Å². The Morgan fingerprint density at radius 3 is 2.42 bits per heavy atom. The molecular formula is C21H30BrNO. The molecule has 0 heterocycles. The Morgan fingerprint density at radius 2 is 1.96 bits per heavy atom. The van der Waals surface area contributed by atoms with Crippen LogP contribution in [-0.2, 0) is 4.79 Å². The van der Waals surface area contributed by atoms with E-state index in [1.807, 2.05) is 25.1 Å². The SMILES string of the molecule is C=C/C=C(\C=C/CC)CCC(C)NC(C)=O.Cc1ccc(Br)cc1. The van der Waals surface area contributed by atoms with Crippen LogP contribution >= 0.6 is 15.9 Å². The van der Waals surface area contributed by atoms with Gasteiger partial charge in [0, 0.05) is 17.4 Å². The van der Waals surface area contributed by atoms with E-state index in [1.54, 1.807) is 13.0 Å². The smallest absolute Gasteiger partial charge is 0.217 e. The third-order valence-corrected chi connectivity index (χ3v) is 3.75. The van der Waals surface area contributed by atoms with Gasteiger partial charge in [-0.1, -0.05) is 71.4 Å². The van der Waals surface area contributed by atoms with Crippen molar-refractivity contribution < 1.29 is 4.79 Å². The number of benzene rings is 1. The van der Waals surface area contributed by atoms with Crippen LogP contribution in [-0.4, -0.2) is 11.9 Å². The maximum absolute atomic E-state index is 10.8. The molecule has 3 heteroatoms. The summed E-state index contributed by atoms with van der Waals surface area (Å²) in [5.74, 6) is 0.0332. The predicted octanol–water partition coefficient (Wildman–Crippen LogP) is 6.13. The minimum Gasteiger partial charge on any atom is -0.354 e. The first kappa shape index (κ1) is 22.4. The fraction of sp³-hybridized carbons (Fsp3) is 0.381. The minimum absolute atomic E-state index is 0.0332. The van der Waals surface area contributed by atoms with Crippen LogP contribution in [0.15, 0.2) is 65.2 Å². The first-order chi connectivity index (χ1) is 11.4. The minimum atomic E-state index is 0.0332. The molecule has 0 aliphatic heterocycles. The highest BCUT2D eigenvalue weighted by Gasteiger charge is 2.03. The molecule has 0 spiro atoms. The molecule has 1 rings (SSSR count). The Labute approximate surface area is 155 Å². The zero-order chi connectivity index (χ0) is 18.4. The van der Waals surface area contributed by atoms with Crippen molar-refractivity contribution in [2.24, 2.45) is 0 Å². The predicted molar refractivity (Wildman–Crippen MR) is 109 cm³/mol. The molecule has 1 unspecified atom stereocenters. The van der Waals surface area contributed by atoms with Gasteiger partial charge in [0.2, 0.25) is 5.91 Å². The number of carbonyl (C=O) groups is 1. The number of hydrogen-bond donors (Lipinski definition) is 1. The molecule has 1 aromatic carbocycles. The molecule has 0 saturated heterocycles. The van der Waals surface area contributed by atoms with Crippen LogP contribution in [0.5, 0.6) is 0 Å². The number of allylic oxidation sites excluding steroid dienone is 5. The van der Waals surface area contributed by atoms with Crippen LogP contribution in [0, 0.1) is 6.92 Å². The lowest BCUT2D eigenvalue weighted by atomic mass is 10.1. The van der Waals surface area contributed by atoms with Gasteiger partial charge in [0.1, 0.15) is 0 Å². The Morgan fingerprint density at radius 1 is 1.33 bits per heavy atom. The Kier molecular flexibility index (Phi) is 12.9. The van der Waals surface area contributed by atoms with Crippen molar-refractivity contribution >= 4 is 21.8 Å². The maximum atomic E-state index is 10.8. The van der Waals surface area contributed by atoms with Crippen molar-refractivity contribution in [3.8, 4) is 0 Å². The maximum Gasteiger partial charge on any atom is 0.217 e. The highest BCUT2D eigenvalue weighted by atomic mass is 79.9. The van der Waals surface area contributed by atoms with Crippen LogP contribution in [0.2, 0.25) is 0 Å². The van der Waals surface area contributed by atoms with Gasteiger partial charge in [-0.05, 0) is 50.8 Å². The number of hydrogen-bond acceptors (Lipinski definition) is 1. The van der Waals surface area contributed by atoms with Crippen LogP contribution < -0.4 is 5.32 Å². The third-order valence-electron chi connectivity index (χ3n) is 3.23. The van der Waals surface area contributed by atoms with Gasteiger partial charge in [0.05, 0.1) is 0 Å². The van der Waals surface area contributed by atoms with Crippen LogP contribution in [0.4, 0.5) is 0 Å². The van der Waals surface area contributed by atoms with E-state index in [2.05, 4.69) is 66.0 Å². The number of aryl methyl sites for hydroxylation is 1. The average molecular weight is 392 g/mol. The number of nitrogens with one attached hydrogen (secondary N) is 1. The van der Waals surface area contributed by atoms with Crippen molar-refractivity contribution in [3.05, 3.63) is 70.8 Å². The largest absolute Gasteiger partial charge is 0.354 e. The highest BCUT2D eigenvalue weighted by Crippen LogP contribution is 2.10. The molecule has 1 aromatic rings. The normalized spacial score (nSPS) is 12.3. The molecule has 1 amide bonds.